The van der Waals surface area contributed by atoms with E-state index >= 15 is 0 Å². The maximum atomic E-state index is 6.15. The Balaban J connectivity index is 1.74. The van der Waals surface area contributed by atoms with Crippen molar-refractivity contribution in [2.45, 2.75) is 51.9 Å². The average molecular weight is 274 g/mol. The lowest BCUT2D eigenvalue weighted by molar-refractivity contribution is -0.182. The third-order valence-electron chi connectivity index (χ3n) is 4.05. The zero-order chi connectivity index (χ0) is 14.4. The smallest absolute Gasteiger partial charge is 0.0760 e. The lowest BCUT2D eigenvalue weighted by Gasteiger charge is -2.47. The fourth-order valence-corrected chi connectivity index (χ4v) is 3.77. The largest absolute Gasteiger partial charge is 0.384 e. The summed E-state index contributed by atoms with van der Waals surface area (Å²) in [5.74, 6) is 0. The Morgan fingerprint density at radius 2 is 1.85 bits per heavy atom. The fourth-order valence-electron chi connectivity index (χ4n) is 3.77. The second kappa shape index (κ2) is 4.74. The van der Waals surface area contributed by atoms with Crippen molar-refractivity contribution >= 4 is 5.69 Å². The van der Waals surface area contributed by atoms with Gasteiger partial charge in [0, 0.05) is 31.9 Å². The Bertz CT molecular complexity index is 492. The summed E-state index contributed by atoms with van der Waals surface area (Å²) in [6.45, 7) is 12.8. The molecule has 0 unspecified atom stereocenters. The van der Waals surface area contributed by atoms with Crippen LogP contribution in [0.3, 0.4) is 0 Å². The van der Waals surface area contributed by atoms with Crippen LogP contribution in [0, 0.1) is 0 Å². The Hall–Kier alpha value is -1.06. The van der Waals surface area contributed by atoms with Crippen LogP contribution in [0.2, 0.25) is 0 Å². The summed E-state index contributed by atoms with van der Waals surface area (Å²) in [7, 11) is 0. The van der Waals surface area contributed by atoms with E-state index in [-0.39, 0.29) is 11.2 Å². The molecular formula is C17H26N2O. The van der Waals surface area contributed by atoms with Gasteiger partial charge in [-0.1, -0.05) is 12.1 Å². The molecule has 1 saturated heterocycles. The van der Waals surface area contributed by atoms with Crippen molar-refractivity contribution in [3.05, 3.63) is 29.3 Å². The van der Waals surface area contributed by atoms with Gasteiger partial charge in [0.1, 0.15) is 0 Å². The topological polar surface area (TPSA) is 24.5 Å². The van der Waals surface area contributed by atoms with E-state index in [1.807, 2.05) is 0 Å². The van der Waals surface area contributed by atoms with Crippen LogP contribution >= 0.6 is 0 Å². The van der Waals surface area contributed by atoms with Crippen LogP contribution in [0.1, 0.15) is 38.8 Å². The highest BCUT2D eigenvalue weighted by Crippen LogP contribution is 2.30. The van der Waals surface area contributed by atoms with Crippen molar-refractivity contribution in [2.75, 3.05) is 25.0 Å². The van der Waals surface area contributed by atoms with Crippen LogP contribution < -0.4 is 5.32 Å². The molecule has 0 radical (unpaired) electrons. The van der Waals surface area contributed by atoms with E-state index in [9.17, 15) is 0 Å². The van der Waals surface area contributed by atoms with E-state index in [4.69, 9.17) is 4.74 Å². The normalized spacial score (nSPS) is 24.2. The van der Waals surface area contributed by atoms with Crippen LogP contribution in [0.5, 0.6) is 0 Å². The van der Waals surface area contributed by atoms with Crippen LogP contribution in [-0.2, 0) is 17.7 Å². The minimum atomic E-state index is -0.0694. The van der Waals surface area contributed by atoms with E-state index in [1.165, 1.54) is 16.8 Å². The van der Waals surface area contributed by atoms with Crippen LogP contribution in [-0.4, -0.2) is 35.7 Å². The number of rotatable bonds is 2. The predicted molar refractivity (Wildman–Crippen MR) is 83.2 cm³/mol. The first kappa shape index (κ1) is 13.9. The lowest BCUT2D eigenvalue weighted by Crippen LogP contribution is -2.56. The number of morpholine rings is 1. The number of nitrogens with zero attached hydrogens (tertiary/aromatic N) is 1. The van der Waals surface area contributed by atoms with Crippen molar-refractivity contribution < 1.29 is 4.74 Å². The molecule has 1 N–H and O–H groups in total. The van der Waals surface area contributed by atoms with Gasteiger partial charge < -0.3 is 10.1 Å². The van der Waals surface area contributed by atoms with Crippen molar-refractivity contribution in [2.24, 2.45) is 0 Å². The van der Waals surface area contributed by atoms with Gasteiger partial charge >= 0.3 is 0 Å². The molecule has 1 aromatic rings. The molecule has 0 atom stereocenters. The molecule has 1 fully saturated rings. The standard InChI is InChI=1S/C17H26N2O/c1-16(2)11-19(12-17(3,4)20-16)10-13-5-6-15-14(9-13)7-8-18-15/h5-6,9,18H,7-8,10-12H2,1-4H3. The van der Waals surface area contributed by atoms with E-state index in [1.54, 1.807) is 0 Å². The van der Waals surface area contributed by atoms with Gasteiger partial charge in [0.15, 0.2) is 0 Å². The van der Waals surface area contributed by atoms with Gasteiger partial charge in [-0.2, -0.15) is 0 Å². The van der Waals surface area contributed by atoms with Gasteiger partial charge in [-0.15, -0.1) is 0 Å². The highest BCUT2D eigenvalue weighted by Gasteiger charge is 2.37. The summed E-state index contributed by atoms with van der Waals surface area (Å²) >= 11 is 0. The third-order valence-corrected chi connectivity index (χ3v) is 4.05. The molecule has 0 aromatic heterocycles. The molecule has 20 heavy (non-hydrogen) atoms. The molecule has 0 saturated carbocycles. The Labute approximate surface area is 122 Å². The van der Waals surface area contributed by atoms with Crippen LogP contribution in [0.15, 0.2) is 18.2 Å². The summed E-state index contributed by atoms with van der Waals surface area (Å²) in [5, 5.41) is 3.42. The Morgan fingerprint density at radius 1 is 1.15 bits per heavy atom. The zero-order valence-electron chi connectivity index (χ0n) is 13.1. The first-order chi connectivity index (χ1) is 9.33. The van der Waals surface area contributed by atoms with Gasteiger partial charge in [0.05, 0.1) is 11.2 Å². The Morgan fingerprint density at radius 3 is 2.55 bits per heavy atom. The maximum Gasteiger partial charge on any atom is 0.0760 e. The quantitative estimate of drug-likeness (QED) is 0.897. The van der Waals surface area contributed by atoms with E-state index in [0.29, 0.717) is 0 Å². The first-order valence-electron chi connectivity index (χ1n) is 7.61. The zero-order valence-corrected chi connectivity index (χ0v) is 13.1. The summed E-state index contributed by atoms with van der Waals surface area (Å²) in [6.07, 6.45) is 1.16. The monoisotopic (exact) mass is 274 g/mol. The molecular weight excluding hydrogens is 248 g/mol. The van der Waals surface area contributed by atoms with Crippen molar-refractivity contribution in [1.82, 2.24) is 4.90 Å². The minimum Gasteiger partial charge on any atom is -0.384 e. The highest BCUT2D eigenvalue weighted by atomic mass is 16.5. The molecule has 3 heteroatoms. The maximum absolute atomic E-state index is 6.15. The van der Waals surface area contributed by atoms with Crippen molar-refractivity contribution in [1.29, 1.82) is 0 Å². The van der Waals surface area contributed by atoms with Crippen LogP contribution in [0.25, 0.3) is 0 Å². The molecule has 3 rings (SSSR count). The second-order valence-corrected chi connectivity index (χ2v) is 7.43. The SMILES string of the molecule is CC1(C)CN(Cc2ccc3c(c2)CCN3)CC(C)(C)O1. The van der Waals surface area contributed by atoms with Gasteiger partial charge in [-0.05, 0) is 51.3 Å². The first-order valence-corrected chi connectivity index (χ1v) is 7.61. The van der Waals surface area contributed by atoms with E-state index < -0.39 is 0 Å². The molecule has 1 aromatic carbocycles. The molecule has 3 nitrogen and oxygen atoms in total. The molecule has 0 bridgehead atoms. The highest BCUT2D eigenvalue weighted by molar-refractivity contribution is 5.56. The number of anilines is 1. The Kier molecular flexibility index (Phi) is 3.30. The molecule has 0 aliphatic carbocycles. The van der Waals surface area contributed by atoms with Gasteiger partial charge in [-0.25, -0.2) is 0 Å². The summed E-state index contributed by atoms with van der Waals surface area (Å²) in [4.78, 5) is 2.52. The number of hydrogen-bond donors (Lipinski definition) is 1. The van der Waals surface area contributed by atoms with Crippen molar-refractivity contribution in [3.8, 4) is 0 Å². The lowest BCUT2D eigenvalue weighted by atomic mass is 9.98. The third kappa shape index (κ3) is 2.99. The molecule has 2 aliphatic heterocycles. The molecule has 110 valence electrons. The summed E-state index contributed by atoms with van der Waals surface area (Å²) < 4.78 is 6.15. The average Bonchev–Trinajstić information content (AvgIpc) is 2.71. The molecule has 0 spiro atoms. The van der Waals surface area contributed by atoms with Gasteiger partial charge in [0.2, 0.25) is 0 Å². The van der Waals surface area contributed by atoms with Gasteiger partial charge in [-0.3, -0.25) is 4.90 Å². The second-order valence-electron chi connectivity index (χ2n) is 7.43. The number of ether oxygens (including phenoxy) is 1. The fraction of sp³-hybridized carbons (Fsp3) is 0.647. The van der Waals surface area contributed by atoms with E-state index in [0.717, 1.165) is 32.6 Å². The predicted octanol–water partition coefficient (Wildman–Crippen LogP) is 3.04. The molecule has 2 heterocycles. The summed E-state index contributed by atoms with van der Waals surface area (Å²) in [6, 6.07) is 6.85. The number of benzene rings is 1. The van der Waals surface area contributed by atoms with Crippen molar-refractivity contribution in [3.63, 3.8) is 0 Å². The van der Waals surface area contributed by atoms with E-state index in [2.05, 4.69) is 56.1 Å². The number of fused-ring (bicyclic) bond motifs is 1. The number of hydrogen-bond acceptors (Lipinski definition) is 3. The van der Waals surface area contributed by atoms with Crippen LogP contribution in [0.4, 0.5) is 5.69 Å². The minimum absolute atomic E-state index is 0.0694. The molecule has 2 aliphatic rings. The molecule has 0 amide bonds. The van der Waals surface area contributed by atoms with Gasteiger partial charge in [0.25, 0.3) is 0 Å². The summed E-state index contributed by atoms with van der Waals surface area (Å²) in [5.41, 5.74) is 4.06. The number of nitrogens with one attached hydrogen (secondary N) is 1.